The van der Waals surface area contributed by atoms with Gasteiger partial charge in [0.1, 0.15) is 50.0 Å². The molecule has 6 aromatic heterocycles. The second-order valence-electron chi connectivity index (χ2n) is 26.1. The molecule has 98 heavy (non-hydrogen) atoms. The lowest BCUT2D eigenvalue weighted by Crippen LogP contribution is -2.10. The predicted octanol–water partition coefficient (Wildman–Crippen LogP) is 25.7. The molecule has 6 heterocycles. The van der Waals surface area contributed by atoms with Crippen LogP contribution in [0.2, 0.25) is 0 Å². The minimum Gasteiger partial charge on any atom is -0.455 e. The lowest BCUT2D eigenvalue weighted by Gasteiger charge is -2.18. The first kappa shape index (κ1) is 59.4. The third-order valence-electron chi connectivity index (χ3n) is 18.9. The Morgan fingerprint density at radius 2 is 0.643 bits per heavy atom. The van der Waals surface area contributed by atoms with E-state index in [9.17, 15) is 0 Å². The summed E-state index contributed by atoms with van der Waals surface area (Å²) in [6.45, 7) is 11.0. The van der Waals surface area contributed by atoms with Crippen LogP contribution in [0, 0.1) is 0 Å². The number of fused-ring (bicyclic) bond motifs is 12. The number of hydrogen-bond acceptors (Lipinski definition) is 9. The number of benzene rings is 13. The molecule has 0 amide bonds. The van der Waals surface area contributed by atoms with Crippen molar-refractivity contribution >= 4 is 99.1 Å². The lowest BCUT2D eigenvalue weighted by molar-refractivity contribution is 0.561. The van der Waals surface area contributed by atoms with Crippen LogP contribution in [-0.4, -0.2) is 15.0 Å². The molecule has 0 aliphatic heterocycles. The molecule has 9 heteroatoms. The highest BCUT2D eigenvalue weighted by Crippen LogP contribution is 2.42. The van der Waals surface area contributed by atoms with Gasteiger partial charge in [-0.25, -0.2) is 15.0 Å². The average molecular weight is 1270 g/mol. The first-order chi connectivity index (χ1) is 48.1. The number of nitrogens with zero attached hydrogens (tertiary/aromatic N) is 3. The number of rotatable bonds is 9. The normalized spacial score (nSPS) is 12.1. The zero-order valence-electron chi connectivity index (χ0n) is 54.7. The SMILES string of the molecule is CC(C)(C)c1cccc2nc(-c3ccc(-c4cccc5c4oc4ccccc45)cc3)oc12.CCC(C)c1cccc2nc(-c3ccc(-c4cccc5c4oc4ccccc45)cc3)oc12.c1ccc(-c2cccc3oc(-c4ccc(-c5cccc6c5oc5ccccc56)cc4)nc23)cc1. The van der Waals surface area contributed by atoms with Crippen LogP contribution < -0.4 is 0 Å². The van der Waals surface area contributed by atoms with Gasteiger partial charge in [0.25, 0.3) is 0 Å². The molecule has 9 nitrogen and oxygen atoms in total. The minimum atomic E-state index is -0.00850. The zero-order valence-corrected chi connectivity index (χ0v) is 54.7. The number of oxazole rings is 3. The summed E-state index contributed by atoms with van der Waals surface area (Å²) in [5.41, 5.74) is 24.7. The summed E-state index contributed by atoms with van der Waals surface area (Å²) in [7, 11) is 0. The van der Waals surface area contributed by atoms with Gasteiger partial charge in [-0.15, -0.1) is 0 Å². The maximum Gasteiger partial charge on any atom is 0.227 e. The van der Waals surface area contributed by atoms with Crippen molar-refractivity contribution in [1.82, 2.24) is 15.0 Å². The molecule has 13 aromatic carbocycles. The van der Waals surface area contributed by atoms with E-state index < -0.39 is 0 Å². The fraction of sp³-hybridized carbons (Fsp3) is 0.0899. The highest BCUT2D eigenvalue weighted by Gasteiger charge is 2.23. The van der Waals surface area contributed by atoms with Crippen LogP contribution in [0.5, 0.6) is 0 Å². The Labute approximate surface area is 564 Å². The summed E-state index contributed by atoms with van der Waals surface area (Å²) in [5.74, 6) is 2.35. The molecule has 0 saturated carbocycles. The number of furan rings is 3. The topological polar surface area (TPSA) is 118 Å². The first-order valence-electron chi connectivity index (χ1n) is 33.3. The van der Waals surface area contributed by atoms with Crippen molar-refractivity contribution < 1.29 is 26.5 Å². The molecule has 0 fully saturated rings. The molecule has 0 spiro atoms. The van der Waals surface area contributed by atoms with E-state index in [1.54, 1.807) is 0 Å². The summed E-state index contributed by atoms with van der Waals surface area (Å²) < 4.78 is 37.2. The van der Waals surface area contributed by atoms with Gasteiger partial charge < -0.3 is 26.5 Å². The van der Waals surface area contributed by atoms with Crippen molar-refractivity contribution in [1.29, 1.82) is 0 Å². The number of aromatic nitrogens is 3. The fourth-order valence-corrected chi connectivity index (χ4v) is 13.6. The van der Waals surface area contributed by atoms with Crippen molar-refractivity contribution in [2.24, 2.45) is 0 Å². The van der Waals surface area contributed by atoms with E-state index >= 15 is 0 Å². The van der Waals surface area contributed by atoms with Crippen molar-refractivity contribution in [3.8, 4) is 78.9 Å². The van der Waals surface area contributed by atoms with Gasteiger partial charge in [-0.3, -0.25) is 0 Å². The smallest absolute Gasteiger partial charge is 0.227 e. The summed E-state index contributed by atoms with van der Waals surface area (Å²) in [6, 6.07) is 97.2. The van der Waals surface area contributed by atoms with Crippen molar-refractivity contribution in [3.05, 3.63) is 296 Å². The third kappa shape index (κ3) is 10.7. The zero-order chi connectivity index (χ0) is 66.0. The summed E-state index contributed by atoms with van der Waals surface area (Å²) in [6.07, 6.45) is 1.07. The maximum absolute atomic E-state index is 6.24. The number of hydrogen-bond donors (Lipinski definition) is 0. The summed E-state index contributed by atoms with van der Waals surface area (Å²) in [4.78, 5) is 14.4. The second kappa shape index (κ2) is 24.5. The van der Waals surface area contributed by atoms with Gasteiger partial charge in [0, 0.05) is 76.8 Å². The van der Waals surface area contributed by atoms with Crippen LogP contribution in [-0.2, 0) is 5.41 Å². The minimum absolute atomic E-state index is 0.00850. The Bertz CT molecular complexity index is 6150. The Hall–Kier alpha value is -12.3. The molecule has 0 aliphatic carbocycles. The largest absolute Gasteiger partial charge is 0.455 e. The van der Waals surface area contributed by atoms with E-state index in [4.69, 9.17) is 41.5 Å². The van der Waals surface area contributed by atoms with Crippen LogP contribution in [0.25, 0.3) is 178 Å². The lowest BCUT2D eigenvalue weighted by atomic mass is 9.86. The van der Waals surface area contributed by atoms with Gasteiger partial charge >= 0.3 is 0 Å². The molecule has 19 aromatic rings. The first-order valence-corrected chi connectivity index (χ1v) is 33.3. The van der Waals surface area contributed by atoms with Crippen molar-refractivity contribution in [2.45, 2.75) is 52.4 Å². The van der Waals surface area contributed by atoms with Crippen LogP contribution in [0.3, 0.4) is 0 Å². The molecule has 0 aliphatic rings. The molecule has 19 rings (SSSR count). The van der Waals surface area contributed by atoms with Crippen molar-refractivity contribution in [3.63, 3.8) is 0 Å². The van der Waals surface area contributed by atoms with Gasteiger partial charge in [0.05, 0.1) is 0 Å². The Morgan fingerprint density at radius 1 is 0.286 bits per heavy atom. The molecule has 0 saturated heterocycles. The van der Waals surface area contributed by atoms with Crippen LogP contribution in [0.1, 0.15) is 58.1 Å². The van der Waals surface area contributed by atoms with Crippen LogP contribution in [0.15, 0.2) is 312 Å². The molecule has 1 unspecified atom stereocenters. The van der Waals surface area contributed by atoms with E-state index in [0.29, 0.717) is 23.6 Å². The Kier molecular flexibility index (Phi) is 14.8. The molecule has 0 bridgehead atoms. The van der Waals surface area contributed by atoms with Gasteiger partial charge in [-0.1, -0.05) is 247 Å². The molecule has 0 N–H and O–H groups in total. The third-order valence-corrected chi connectivity index (χ3v) is 18.9. The van der Waals surface area contributed by atoms with E-state index in [0.717, 1.165) is 167 Å². The van der Waals surface area contributed by atoms with Crippen molar-refractivity contribution in [2.75, 3.05) is 0 Å². The van der Waals surface area contributed by atoms with E-state index in [2.05, 4.69) is 217 Å². The average Bonchev–Trinajstić information content (AvgIpc) is 1.62. The highest BCUT2D eigenvalue weighted by molar-refractivity contribution is 6.12. The Balaban J connectivity index is 0.000000111. The van der Waals surface area contributed by atoms with E-state index in [1.807, 2.05) is 103 Å². The van der Waals surface area contributed by atoms with E-state index in [-0.39, 0.29) is 5.41 Å². The summed E-state index contributed by atoms with van der Waals surface area (Å²) in [5, 5.41) is 6.82. The van der Waals surface area contributed by atoms with Gasteiger partial charge in [0.2, 0.25) is 17.7 Å². The fourth-order valence-electron chi connectivity index (χ4n) is 13.6. The van der Waals surface area contributed by atoms with Gasteiger partial charge in [-0.2, -0.15) is 0 Å². The molecule has 0 radical (unpaired) electrons. The second-order valence-corrected chi connectivity index (χ2v) is 26.1. The quantitative estimate of drug-likeness (QED) is 0.139. The van der Waals surface area contributed by atoms with Crippen LogP contribution in [0.4, 0.5) is 0 Å². The summed E-state index contributed by atoms with van der Waals surface area (Å²) >= 11 is 0. The maximum atomic E-state index is 6.24. The molecule has 1 atom stereocenters. The van der Waals surface area contributed by atoms with Gasteiger partial charge in [-0.05, 0) is 118 Å². The Morgan fingerprint density at radius 3 is 1.11 bits per heavy atom. The van der Waals surface area contributed by atoms with Crippen LogP contribution >= 0.6 is 0 Å². The molecular weight excluding hydrogens is 1210 g/mol. The highest BCUT2D eigenvalue weighted by atomic mass is 16.4. The predicted molar refractivity (Wildman–Crippen MR) is 399 cm³/mol. The molecule has 472 valence electrons. The standard InChI is InChI=1S/C31H19NO2.2C29H23NO2/c1-2-8-20(9-3-1)23-11-7-15-28-29(23)32-31(34-28)22-18-16-21(17-19-22)24-12-6-13-26-25-10-4-5-14-27(25)33-30(24)26;1-29(2,3)23-11-7-12-24-27(23)32-28(30-24)19-16-14-18(15-17-19)20-9-6-10-22-21-8-4-5-13-25(21)31-26(20)22;1-3-18(2)21-9-7-12-25-28(21)32-29(30-25)20-16-14-19(15-17-20)22-10-6-11-24-23-8-4-5-13-26(23)31-27(22)24/h1-19H;4-17H,1-3H3;4-18H,3H2,1-2H3. The molecular formula is C89H65N3O6. The monoisotopic (exact) mass is 1270 g/mol. The number of para-hydroxylation sites is 9. The van der Waals surface area contributed by atoms with Gasteiger partial charge in [0.15, 0.2) is 16.7 Å². The van der Waals surface area contributed by atoms with E-state index in [1.165, 1.54) is 11.1 Å².